The average molecular weight is 282 g/mol. The number of amides is 1. The van der Waals surface area contributed by atoms with E-state index < -0.39 is 17.0 Å². The van der Waals surface area contributed by atoms with Gasteiger partial charge in [0.05, 0.1) is 5.56 Å². The van der Waals surface area contributed by atoms with Crippen molar-refractivity contribution in [1.29, 1.82) is 0 Å². The molecule has 1 N–H and O–H groups in total. The van der Waals surface area contributed by atoms with E-state index in [0.29, 0.717) is 0 Å². The summed E-state index contributed by atoms with van der Waals surface area (Å²) in [7, 11) is 0. The molecular formula is C12H14N2O6. The zero-order chi connectivity index (χ0) is 15.0. The van der Waals surface area contributed by atoms with Crippen molar-refractivity contribution in [3.63, 3.8) is 0 Å². The lowest BCUT2D eigenvalue weighted by molar-refractivity contribution is -0.757. The van der Waals surface area contributed by atoms with Crippen LogP contribution in [0.3, 0.4) is 0 Å². The third-order valence-corrected chi connectivity index (χ3v) is 2.23. The number of carbonyl (C=O) groups is 2. The molecule has 1 aromatic carbocycles. The number of ether oxygens (including phenoxy) is 1. The molecule has 1 aromatic rings. The minimum absolute atomic E-state index is 0.0319. The van der Waals surface area contributed by atoms with Crippen molar-refractivity contribution >= 4 is 11.9 Å². The summed E-state index contributed by atoms with van der Waals surface area (Å²) in [5.41, 5.74) is 0.176. The van der Waals surface area contributed by atoms with E-state index in [1.165, 1.54) is 12.1 Å². The van der Waals surface area contributed by atoms with Gasteiger partial charge in [0.2, 0.25) is 0 Å². The molecule has 0 bridgehead atoms. The molecule has 0 saturated carbocycles. The number of benzene rings is 1. The zero-order valence-corrected chi connectivity index (χ0v) is 10.8. The summed E-state index contributed by atoms with van der Waals surface area (Å²) in [6.07, 6.45) is 0.187. The van der Waals surface area contributed by atoms with E-state index in [0.717, 1.165) is 0 Å². The Morgan fingerprint density at radius 2 is 2.05 bits per heavy atom. The monoisotopic (exact) mass is 282 g/mol. The normalized spacial score (nSPS) is 9.65. The molecule has 0 heterocycles. The third-order valence-electron chi connectivity index (χ3n) is 2.23. The lowest BCUT2D eigenvalue weighted by Gasteiger charge is -2.09. The van der Waals surface area contributed by atoms with Gasteiger partial charge in [-0.15, -0.1) is 10.1 Å². The molecule has 0 spiro atoms. The summed E-state index contributed by atoms with van der Waals surface area (Å²) in [6.45, 7) is 1.35. The van der Waals surface area contributed by atoms with E-state index in [2.05, 4.69) is 10.2 Å². The van der Waals surface area contributed by atoms with Crippen molar-refractivity contribution < 1.29 is 24.3 Å². The van der Waals surface area contributed by atoms with Crippen LogP contribution in [0.2, 0.25) is 0 Å². The molecule has 1 amide bonds. The largest absolute Gasteiger partial charge is 0.426 e. The Morgan fingerprint density at radius 3 is 2.70 bits per heavy atom. The summed E-state index contributed by atoms with van der Waals surface area (Å²) in [5.74, 6) is -0.814. The number of nitrogens with zero attached hydrogens (tertiary/aromatic N) is 1. The Balaban J connectivity index is 2.63. The summed E-state index contributed by atoms with van der Waals surface area (Å²) >= 11 is 0. The second kappa shape index (κ2) is 7.72. The number of rotatable bonds is 7. The standard InChI is InChI=1S/C12H14N2O6/c1-2-11(15)20-10-6-4-3-5-9(10)12(16)13-7-8-19-14(17)18/h3-6H,2,7-8H2,1H3,(H,13,16). The zero-order valence-electron chi connectivity index (χ0n) is 10.8. The smallest absolute Gasteiger partial charge is 0.310 e. The van der Waals surface area contributed by atoms with Crippen LogP contribution in [-0.2, 0) is 9.63 Å². The van der Waals surface area contributed by atoms with Crippen LogP contribution < -0.4 is 10.1 Å². The summed E-state index contributed by atoms with van der Waals surface area (Å²) < 4.78 is 5.02. The van der Waals surface area contributed by atoms with Gasteiger partial charge in [0.15, 0.2) is 0 Å². The van der Waals surface area contributed by atoms with Gasteiger partial charge in [-0.1, -0.05) is 19.1 Å². The van der Waals surface area contributed by atoms with Gasteiger partial charge in [-0.25, -0.2) is 0 Å². The second-order valence-electron chi connectivity index (χ2n) is 3.64. The lowest BCUT2D eigenvalue weighted by atomic mass is 10.2. The van der Waals surface area contributed by atoms with Crippen molar-refractivity contribution in [2.45, 2.75) is 13.3 Å². The van der Waals surface area contributed by atoms with Gasteiger partial charge >= 0.3 is 5.97 Å². The Hall–Kier alpha value is -2.64. The fourth-order valence-corrected chi connectivity index (χ4v) is 1.32. The van der Waals surface area contributed by atoms with Crippen molar-refractivity contribution in [3.8, 4) is 5.75 Å². The summed E-state index contributed by atoms with van der Waals surface area (Å²) in [4.78, 5) is 37.1. The highest BCUT2D eigenvalue weighted by atomic mass is 16.9. The van der Waals surface area contributed by atoms with Gasteiger partial charge in [-0.05, 0) is 12.1 Å². The van der Waals surface area contributed by atoms with Crippen molar-refractivity contribution in [2.24, 2.45) is 0 Å². The molecule has 0 radical (unpaired) electrons. The van der Waals surface area contributed by atoms with Gasteiger partial charge in [0.25, 0.3) is 11.0 Å². The Morgan fingerprint density at radius 1 is 1.35 bits per heavy atom. The van der Waals surface area contributed by atoms with E-state index in [4.69, 9.17) is 4.74 Å². The first-order chi connectivity index (χ1) is 9.54. The third kappa shape index (κ3) is 4.92. The summed E-state index contributed by atoms with van der Waals surface area (Å²) in [5, 5.41) is 11.4. The van der Waals surface area contributed by atoms with Crippen LogP contribution in [0.25, 0.3) is 0 Å². The van der Waals surface area contributed by atoms with Crippen LogP contribution in [0, 0.1) is 10.1 Å². The van der Waals surface area contributed by atoms with Crippen molar-refractivity contribution in [3.05, 3.63) is 39.9 Å². The van der Waals surface area contributed by atoms with Gasteiger partial charge < -0.3 is 14.9 Å². The van der Waals surface area contributed by atoms with Crippen LogP contribution in [0.15, 0.2) is 24.3 Å². The molecular weight excluding hydrogens is 268 g/mol. The van der Waals surface area contributed by atoms with E-state index >= 15 is 0 Å². The molecule has 108 valence electrons. The first-order valence-corrected chi connectivity index (χ1v) is 5.89. The van der Waals surface area contributed by atoms with Gasteiger partial charge in [-0.3, -0.25) is 9.59 Å². The number of hydrogen-bond donors (Lipinski definition) is 1. The quantitative estimate of drug-likeness (QED) is 0.262. The van der Waals surface area contributed by atoms with Crippen LogP contribution in [0.4, 0.5) is 0 Å². The van der Waals surface area contributed by atoms with E-state index in [1.54, 1.807) is 19.1 Å². The lowest BCUT2D eigenvalue weighted by Crippen LogP contribution is -2.28. The minimum Gasteiger partial charge on any atom is -0.426 e. The maximum absolute atomic E-state index is 11.9. The summed E-state index contributed by atoms with van der Waals surface area (Å²) in [6, 6.07) is 6.23. The van der Waals surface area contributed by atoms with E-state index in [9.17, 15) is 19.7 Å². The fourth-order valence-electron chi connectivity index (χ4n) is 1.32. The molecule has 0 saturated heterocycles. The Labute approximate surface area is 114 Å². The average Bonchev–Trinajstić information content (AvgIpc) is 2.43. The molecule has 8 nitrogen and oxygen atoms in total. The molecule has 0 aliphatic rings. The molecule has 0 aliphatic heterocycles. The highest BCUT2D eigenvalue weighted by Crippen LogP contribution is 2.18. The highest BCUT2D eigenvalue weighted by Gasteiger charge is 2.13. The molecule has 8 heteroatoms. The van der Waals surface area contributed by atoms with Crippen LogP contribution >= 0.6 is 0 Å². The van der Waals surface area contributed by atoms with Gasteiger partial charge in [-0.2, -0.15) is 0 Å². The predicted octanol–water partition coefficient (Wildman–Crippen LogP) is 0.940. The van der Waals surface area contributed by atoms with E-state index in [1.807, 2.05) is 0 Å². The Kier molecular flexibility index (Phi) is 5.95. The molecule has 1 rings (SSSR count). The molecule has 0 atom stereocenters. The minimum atomic E-state index is -0.941. The first kappa shape index (κ1) is 15.4. The maximum atomic E-state index is 11.9. The number of hydrogen-bond acceptors (Lipinski definition) is 6. The van der Waals surface area contributed by atoms with Crippen molar-refractivity contribution in [1.82, 2.24) is 5.32 Å². The number of nitrogens with one attached hydrogen (secondary N) is 1. The molecule has 20 heavy (non-hydrogen) atoms. The highest BCUT2D eigenvalue weighted by molar-refractivity contribution is 5.97. The van der Waals surface area contributed by atoms with Gasteiger partial charge in [0, 0.05) is 13.0 Å². The van der Waals surface area contributed by atoms with Crippen molar-refractivity contribution in [2.75, 3.05) is 13.2 Å². The fraction of sp³-hybridized carbons (Fsp3) is 0.333. The number of carbonyl (C=O) groups excluding carboxylic acids is 2. The number of para-hydroxylation sites is 1. The molecule has 0 aromatic heterocycles. The molecule has 0 unspecified atom stereocenters. The van der Waals surface area contributed by atoms with E-state index in [-0.39, 0.29) is 30.9 Å². The topological polar surface area (TPSA) is 108 Å². The number of esters is 1. The van der Waals surface area contributed by atoms with Crippen LogP contribution in [-0.4, -0.2) is 30.1 Å². The molecule has 0 aliphatic carbocycles. The Bertz CT molecular complexity index is 502. The van der Waals surface area contributed by atoms with Gasteiger partial charge in [0.1, 0.15) is 12.4 Å². The van der Waals surface area contributed by atoms with Crippen LogP contribution in [0.5, 0.6) is 5.75 Å². The first-order valence-electron chi connectivity index (χ1n) is 5.89. The predicted molar refractivity (Wildman–Crippen MR) is 67.6 cm³/mol. The SMILES string of the molecule is CCC(=O)Oc1ccccc1C(=O)NCCO[N+](=O)[O-]. The second-order valence-corrected chi connectivity index (χ2v) is 3.64. The van der Waals surface area contributed by atoms with Crippen LogP contribution in [0.1, 0.15) is 23.7 Å². The molecule has 0 fully saturated rings. The maximum Gasteiger partial charge on any atom is 0.310 e.